The van der Waals surface area contributed by atoms with E-state index in [2.05, 4.69) is 6.92 Å². The van der Waals surface area contributed by atoms with Crippen molar-refractivity contribution in [2.45, 2.75) is 26.3 Å². The molecule has 0 aliphatic rings. The average molecular weight is 256 g/mol. The molecule has 0 fully saturated rings. The molecule has 2 N–H and O–H groups in total. The number of thiophene rings is 1. The van der Waals surface area contributed by atoms with E-state index in [1.54, 1.807) is 0 Å². The summed E-state index contributed by atoms with van der Waals surface area (Å²) in [7, 11) is 0. The van der Waals surface area contributed by atoms with Crippen LogP contribution < -0.4 is 5.73 Å². The van der Waals surface area contributed by atoms with Crippen LogP contribution in [0.5, 0.6) is 0 Å². The lowest BCUT2D eigenvalue weighted by atomic mass is 10.2. The highest BCUT2D eigenvalue weighted by atomic mass is 35.5. The Morgan fingerprint density at radius 3 is 2.75 bits per heavy atom. The van der Waals surface area contributed by atoms with Gasteiger partial charge in [0.1, 0.15) is 11.5 Å². The van der Waals surface area contributed by atoms with Crippen molar-refractivity contribution in [3.05, 3.63) is 44.5 Å². The molecule has 1 unspecified atom stereocenters. The highest BCUT2D eigenvalue weighted by molar-refractivity contribution is 7.16. The Bertz CT molecular complexity index is 469. The van der Waals surface area contributed by atoms with E-state index in [-0.39, 0.29) is 6.04 Å². The summed E-state index contributed by atoms with van der Waals surface area (Å²) in [6.07, 6.45) is 0.886. The normalized spacial score (nSPS) is 13.0. The van der Waals surface area contributed by atoms with Crippen molar-refractivity contribution in [3.63, 3.8) is 0 Å². The Morgan fingerprint density at radius 1 is 1.50 bits per heavy atom. The summed E-state index contributed by atoms with van der Waals surface area (Å²) in [5.41, 5.74) is 7.19. The molecule has 2 aromatic rings. The first kappa shape index (κ1) is 11.7. The van der Waals surface area contributed by atoms with Crippen LogP contribution in [-0.4, -0.2) is 0 Å². The van der Waals surface area contributed by atoms with E-state index in [0.29, 0.717) is 0 Å². The van der Waals surface area contributed by atoms with Gasteiger partial charge in [-0.25, -0.2) is 0 Å². The first-order valence-corrected chi connectivity index (χ1v) is 6.41. The molecule has 16 heavy (non-hydrogen) atoms. The Labute approximate surface area is 104 Å². The Balaban J connectivity index is 2.27. The van der Waals surface area contributed by atoms with Crippen molar-refractivity contribution in [1.82, 2.24) is 0 Å². The lowest BCUT2D eigenvalue weighted by Gasteiger charge is -2.05. The van der Waals surface area contributed by atoms with E-state index >= 15 is 0 Å². The molecular weight excluding hydrogens is 242 g/mol. The molecule has 0 saturated carbocycles. The van der Waals surface area contributed by atoms with Crippen molar-refractivity contribution in [3.8, 4) is 0 Å². The molecule has 0 saturated heterocycles. The van der Waals surface area contributed by atoms with E-state index < -0.39 is 0 Å². The standard InChI is InChI=1S/C12H14ClNOS/c1-3-8-4-5-9(15-8)11(14)10-6-7(2)12(13)16-10/h4-6,11H,3,14H2,1-2H3. The summed E-state index contributed by atoms with van der Waals surface area (Å²) in [4.78, 5) is 1.04. The second-order valence-corrected chi connectivity index (χ2v) is 5.43. The van der Waals surface area contributed by atoms with Crippen LogP contribution in [0.1, 0.15) is 34.9 Å². The van der Waals surface area contributed by atoms with E-state index in [4.69, 9.17) is 21.8 Å². The third-order valence-electron chi connectivity index (χ3n) is 2.52. The summed E-state index contributed by atoms with van der Waals surface area (Å²) >= 11 is 7.54. The highest BCUT2D eigenvalue weighted by Gasteiger charge is 2.16. The van der Waals surface area contributed by atoms with Crippen LogP contribution in [0.15, 0.2) is 22.6 Å². The summed E-state index contributed by atoms with van der Waals surface area (Å²) in [5.74, 6) is 1.76. The Kier molecular flexibility index (Phi) is 3.38. The number of nitrogens with two attached hydrogens (primary N) is 1. The maximum absolute atomic E-state index is 6.12. The van der Waals surface area contributed by atoms with Crippen LogP contribution in [0.4, 0.5) is 0 Å². The van der Waals surface area contributed by atoms with Gasteiger partial charge in [-0.15, -0.1) is 11.3 Å². The van der Waals surface area contributed by atoms with Gasteiger partial charge < -0.3 is 10.2 Å². The van der Waals surface area contributed by atoms with Gasteiger partial charge in [0, 0.05) is 11.3 Å². The molecule has 0 aliphatic carbocycles. The number of aryl methyl sites for hydroxylation is 2. The Morgan fingerprint density at radius 2 is 2.25 bits per heavy atom. The minimum atomic E-state index is -0.212. The molecular formula is C12H14ClNOS. The molecule has 1 atom stereocenters. The molecule has 2 rings (SSSR count). The quantitative estimate of drug-likeness (QED) is 0.903. The third-order valence-corrected chi connectivity index (χ3v) is 4.16. The molecule has 0 amide bonds. The first-order chi connectivity index (χ1) is 7.61. The zero-order valence-corrected chi connectivity index (χ0v) is 10.9. The minimum absolute atomic E-state index is 0.212. The summed E-state index contributed by atoms with van der Waals surface area (Å²) < 4.78 is 6.44. The molecule has 2 nitrogen and oxygen atoms in total. The van der Waals surface area contributed by atoms with Crippen molar-refractivity contribution < 1.29 is 4.42 Å². The second kappa shape index (κ2) is 4.62. The predicted molar refractivity (Wildman–Crippen MR) is 68.2 cm³/mol. The third kappa shape index (κ3) is 2.17. The molecule has 86 valence electrons. The van der Waals surface area contributed by atoms with Crippen molar-refractivity contribution >= 4 is 22.9 Å². The van der Waals surface area contributed by atoms with Crippen LogP contribution in [0.25, 0.3) is 0 Å². The van der Waals surface area contributed by atoms with Crippen LogP contribution in [0.3, 0.4) is 0 Å². The molecule has 0 aromatic carbocycles. The maximum atomic E-state index is 6.12. The van der Waals surface area contributed by atoms with E-state index in [9.17, 15) is 0 Å². The summed E-state index contributed by atoms with van der Waals surface area (Å²) in [5, 5.41) is 0. The van der Waals surface area contributed by atoms with Gasteiger partial charge in [-0.2, -0.15) is 0 Å². The number of hydrogen-bond donors (Lipinski definition) is 1. The fraction of sp³-hybridized carbons (Fsp3) is 0.333. The van der Waals surface area contributed by atoms with Gasteiger partial charge in [0.15, 0.2) is 0 Å². The van der Waals surface area contributed by atoms with Crippen molar-refractivity contribution in [2.24, 2.45) is 5.73 Å². The summed E-state index contributed by atoms with van der Waals surface area (Å²) in [6.45, 7) is 4.04. The lowest BCUT2D eigenvalue weighted by molar-refractivity contribution is 0.455. The van der Waals surface area contributed by atoms with Crippen molar-refractivity contribution in [1.29, 1.82) is 0 Å². The number of halogens is 1. The zero-order chi connectivity index (χ0) is 11.7. The molecule has 4 heteroatoms. The van der Waals surface area contributed by atoms with Crippen molar-refractivity contribution in [2.75, 3.05) is 0 Å². The molecule has 0 radical (unpaired) electrons. The van der Waals surface area contributed by atoms with Gasteiger partial charge in [0.05, 0.1) is 10.4 Å². The predicted octanol–water partition coefficient (Wildman–Crippen LogP) is 3.91. The molecule has 2 aromatic heterocycles. The van der Waals surface area contributed by atoms with E-state index in [1.165, 1.54) is 11.3 Å². The van der Waals surface area contributed by atoms with Gasteiger partial charge in [-0.3, -0.25) is 0 Å². The van der Waals surface area contributed by atoms with Crippen LogP contribution in [-0.2, 0) is 6.42 Å². The summed E-state index contributed by atoms with van der Waals surface area (Å²) in [6, 6.07) is 5.71. The largest absolute Gasteiger partial charge is 0.464 e. The Hall–Kier alpha value is -0.770. The maximum Gasteiger partial charge on any atom is 0.126 e. The number of hydrogen-bond acceptors (Lipinski definition) is 3. The fourth-order valence-corrected chi connectivity index (χ4v) is 2.76. The van der Waals surface area contributed by atoms with Gasteiger partial charge >= 0.3 is 0 Å². The van der Waals surface area contributed by atoms with E-state index in [1.807, 2.05) is 25.1 Å². The molecule has 2 heterocycles. The van der Waals surface area contributed by atoms with Crippen LogP contribution >= 0.6 is 22.9 Å². The van der Waals surface area contributed by atoms with Crippen LogP contribution in [0.2, 0.25) is 4.34 Å². The lowest BCUT2D eigenvalue weighted by Crippen LogP contribution is -2.08. The zero-order valence-electron chi connectivity index (χ0n) is 9.29. The minimum Gasteiger partial charge on any atom is -0.464 e. The average Bonchev–Trinajstić information content (AvgIpc) is 2.86. The van der Waals surface area contributed by atoms with Gasteiger partial charge in [-0.1, -0.05) is 18.5 Å². The van der Waals surface area contributed by atoms with Gasteiger partial charge in [0.25, 0.3) is 0 Å². The molecule has 0 aliphatic heterocycles. The fourth-order valence-electron chi connectivity index (χ4n) is 1.53. The van der Waals surface area contributed by atoms with Gasteiger partial charge in [0.2, 0.25) is 0 Å². The molecule has 0 bridgehead atoms. The topological polar surface area (TPSA) is 39.2 Å². The SMILES string of the molecule is CCc1ccc(C(N)c2cc(C)c(Cl)s2)o1. The van der Waals surface area contributed by atoms with E-state index in [0.717, 1.165) is 32.7 Å². The number of rotatable bonds is 3. The first-order valence-electron chi connectivity index (χ1n) is 5.21. The number of furan rings is 1. The smallest absolute Gasteiger partial charge is 0.126 e. The monoisotopic (exact) mass is 255 g/mol. The van der Waals surface area contributed by atoms with Gasteiger partial charge in [-0.05, 0) is 30.7 Å². The van der Waals surface area contributed by atoms with Crippen LogP contribution in [0, 0.1) is 6.92 Å². The second-order valence-electron chi connectivity index (χ2n) is 3.74. The highest BCUT2D eigenvalue weighted by Crippen LogP contribution is 2.33. The molecule has 0 spiro atoms.